The van der Waals surface area contributed by atoms with Crippen molar-refractivity contribution in [3.8, 4) is 0 Å². The van der Waals surface area contributed by atoms with Crippen LogP contribution in [0.3, 0.4) is 0 Å². The van der Waals surface area contributed by atoms with Crippen molar-refractivity contribution in [2.75, 3.05) is 19.6 Å². The molecule has 2 atom stereocenters. The van der Waals surface area contributed by atoms with E-state index in [0.29, 0.717) is 13.0 Å². The maximum atomic E-state index is 12.4. The molecule has 1 aliphatic rings. The molecule has 0 unspecified atom stereocenters. The van der Waals surface area contributed by atoms with E-state index in [-0.39, 0.29) is 11.9 Å². The number of amides is 1. The summed E-state index contributed by atoms with van der Waals surface area (Å²) in [6.07, 6.45) is 11.7. The predicted octanol–water partition coefficient (Wildman–Crippen LogP) is 4.00. The standard InChI is InChI=1S/C23H36N2O2/c1-2-3-4-5-9-14-23(27)24-21(19-25-17-10-11-18-25)22(26)16-15-20-12-7-6-8-13-20/h6-8,12-13,15-16,21-22,26H,2-5,9-11,14,17-19H2,1H3,(H,24,27)/t21-,22-/m1/s1. The number of benzene rings is 1. The van der Waals surface area contributed by atoms with E-state index in [1.54, 1.807) is 6.08 Å². The Hall–Kier alpha value is -1.65. The number of likely N-dealkylation sites (tertiary alicyclic amines) is 1. The maximum Gasteiger partial charge on any atom is 0.220 e. The molecule has 1 amide bonds. The van der Waals surface area contributed by atoms with Gasteiger partial charge in [-0.1, -0.05) is 75.1 Å². The Morgan fingerprint density at radius 2 is 1.85 bits per heavy atom. The molecule has 1 aromatic rings. The summed E-state index contributed by atoms with van der Waals surface area (Å²) >= 11 is 0. The molecule has 1 aliphatic heterocycles. The third-order valence-corrected chi connectivity index (χ3v) is 5.21. The lowest BCUT2D eigenvalue weighted by atomic mass is 10.1. The molecule has 1 aromatic carbocycles. The van der Waals surface area contributed by atoms with Crippen molar-refractivity contribution >= 4 is 12.0 Å². The average molecular weight is 373 g/mol. The summed E-state index contributed by atoms with van der Waals surface area (Å²) in [5, 5.41) is 13.8. The lowest BCUT2D eigenvalue weighted by Gasteiger charge is -2.27. The SMILES string of the molecule is CCCCCCCC(=O)N[C@H](CN1CCCC1)[C@H](O)C=Cc1ccccc1. The van der Waals surface area contributed by atoms with Crippen molar-refractivity contribution in [2.45, 2.75) is 70.4 Å². The number of hydrogen-bond donors (Lipinski definition) is 2. The number of aliphatic hydroxyl groups excluding tert-OH is 1. The number of aliphatic hydroxyl groups is 1. The Kier molecular flexibility index (Phi) is 10.2. The fourth-order valence-corrected chi connectivity index (χ4v) is 3.56. The first-order chi connectivity index (χ1) is 13.2. The monoisotopic (exact) mass is 372 g/mol. The fourth-order valence-electron chi connectivity index (χ4n) is 3.56. The summed E-state index contributed by atoms with van der Waals surface area (Å²) in [4.78, 5) is 14.7. The van der Waals surface area contributed by atoms with Gasteiger partial charge in [-0.25, -0.2) is 0 Å². The summed E-state index contributed by atoms with van der Waals surface area (Å²) < 4.78 is 0. The summed E-state index contributed by atoms with van der Waals surface area (Å²) in [5.74, 6) is 0.0582. The molecule has 0 aromatic heterocycles. The van der Waals surface area contributed by atoms with Gasteiger partial charge in [0.1, 0.15) is 0 Å². The molecule has 27 heavy (non-hydrogen) atoms. The molecular formula is C23H36N2O2. The molecule has 1 saturated heterocycles. The van der Waals surface area contributed by atoms with Gasteiger partial charge in [-0.05, 0) is 37.9 Å². The quantitative estimate of drug-likeness (QED) is 0.545. The molecule has 2 rings (SSSR count). The number of unbranched alkanes of at least 4 members (excludes halogenated alkanes) is 4. The summed E-state index contributed by atoms with van der Waals surface area (Å²) in [5.41, 5.74) is 1.05. The smallest absolute Gasteiger partial charge is 0.220 e. The Morgan fingerprint density at radius 1 is 1.15 bits per heavy atom. The summed E-state index contributed by atoms with van der Waals surface area (Å²) in [6.45, 7) is 5.01. The van der Waals surface area contributed by atoms with Crippen molar-refractivity contribution in [3.63, 3.8) is 0 Å². The third-order valence-electron chi connectivity index (χ3n) is 5.21. The number of carbonyl (C=O) groups is 1. The van der Waals surface area contributed by atoms with Crippen LogP contribution in [0.4, 0.5) is 0 Å². The average Bonchev–Trinajstić information content (AvgIpc) is 3.19. The molecule has 0 spiro atoms. The second kappa shape index (κ2) is 12.7. The van der Waals surface area contributed by atoms with Crippen molar-refractivity contribution in [1.82, 2.24) is 10.2 Å². The van der Waals surface area contributed by atoms with E-state index in [2.05, 4.69) is 17.1 Å². The van der Waals surface area contributed by atoms with Gasteiger partial charge in [-0.15, -0.1) is 0 Å². The zero-order chi connectivity index (χ0) is 19.3. The van der Waals surface area contributed by atoms with Gasteiger partial charge in [0.2, 0.25) is 5.91 Å². The number of rotatable bonds is 12. The van der Waals surface area contributed by atoms with Gasteiger partial charge in [0.05, 0.1) is 12.1 Å². The Labute approximate surface area is 164 Å². The lowest BCUT2D eigenvalue weighted by molar-refractivity contribution is -0.122. The van der Waals surface area contributed by atoms with Crippen LogP contribution in [0.5, 0.6) is 0 Å². The summed E-state index contributed by atoms with van der Waals surface area (Å²) in [6, 6.07) is 9.69. The Balaban J connectivity index is 1.87. The van der Waals surface area contributed by atoms with Gasteiger partial charge < -0.3 is 15.3 Å². The Morgan fingerprint density at radius 3 is 2.56 bits per heavy atom. The van der Waals surface area contributed by atoms with E-state index in [1.807, 2.05) is 36.4 Å². The molecule has 4 nitrogen and oxygen atoms in total. The van der Waals surface area contributed by atoms with Crippen LogP contribution in [0.15, 0.2) is 36.4 Å². The van der Waals surface area contributed by atoms with Crippen LogP contribution in [0.2, 0.25) is 0 Å². The van der Waals surface area contributed by atoms with Crippen LogP contribution >= 0.6 is 0 Å². The van der Waals surface area contributed by atoms with Crippen LogP contribution in [-0.4, -0.2) is 47.7 Å². The highest BCUT2D eigenvalue weighted by Crippen LogP contribution is 2.12. The third kappa shape index (κ3) is 8.72. The largest absolute Gasteiger partial charge is 0.387 e. The van der Waals surface area contributed by atoms with Crippen LogP contribution < -0.4 is 5.32 Å². The molecule has 150 valence electrons. The lowest BCUT2D eigenvalue weighted by Crippen LogP contribution is -2.49. The van der Waals surface area contributed by atoms with E-state index in [1.165, 1.54) is 32.1 Å². The summed E-state index contributed by atoms with van der Waals surface area (Å²) in [7, 11) is 0. The van der Waals surface area contributed by atoms with Gasteiger partial charge in [0.15, 0.2) is 0 Å². The number of hydrogen-bond acceptors (Lipinski definition) is 3. The molecule has 0 aliphatic carbocycles. The maximum absolute atomic E-state index is 12.4. The number of nitrogens with zero attached hydrogens (tertiary/aromatic N) is 1. The second-order valence-corrected chi connectivity index (χ2v) is 7.61. The van der Waals surface area contributed by atoms with Crippen LogP contribution in [0.1, 0.15) is 63.9 Å². The van der Waals surface area contributed by atoms with Crippen molar-refractivity contribution in [1.29, 1.82) is 0 Å². The van der Waals surface area contributed by atoms with Crippen molar-refractivity contribution in [3.05, 3.63) is 42.0 Å². The van der Waals surface area contributed by atoms with Gasteiger partial charge in [-0.3, -0.25) is 4.79 Å². The minimum atomic E-state index is -0.685. The first-order valence-corrected chi connectivity index (χ1v) is 10.6. The molecule has 0 saturated carbocycles. The van der Waals surface area contributed by atoms with Crippen molar-refractivity contribution in [2.24, 2.45) is 0 Å². The molecule has 1 fully saturated rings. The van der Waals surface area contributed by atoms with Crippen LogP contribution in [0.25, 0.3) is 6.08 Å². The Bertz CT molecular complexity index is 553. The van der Waals surface area contributed by atoms with E-state index in [0.717, 1.165) is 31.5 Å². The highest BCUT2D eigenvalue weighted by atomic mass is 16.3. The van der Waals surface area contributed by atoms with Crippen LogP contribution in [0, 0.1) is 0 Å². The van der Waals surface area contributed by atoms with Gasteiger partial charge in [0, 0.05) is 13.0 Å². The highest BCUT2D eigenvalue weighted by Gasteiger charge is 2.23. The number of carbonyl (C=O) groups excluding carboxylic acids is 1. The van der Waals surface area contributed by atoms with Crippen LogP contribution in [-0.2, 0) is 4.79 Å². The molecule has 2 N–H and O–H groups in total. The normalized spacial score (nSPS) is 17.3. The predicted molar refractivity (Wildman–Crippen MR) is 112 cm³/mol. The fraction of sp³-hybridized carbons (Fsp3) is 0.609. The van der Waals surface area contributed by atoms with E-state index >= 15 is 0 Å². The van der Waals surface area contributed by atoms with E-state index in [9.17, 15) is 9.90 Å². The molecule has 0 radical (unpaired) electrons. The van der Waals surface area contributed by atoms with E-state index < -0.39 is 6.10 Å². The number of nitrogens with one attached hydrogen (secondary N) is 1. The second-order valence-electron chi connectivity index (χ2n) is 7.61. The minimum Gasteiger partial charge on any atom is -0.387 e. The first-order valence-electron chi connectivity index (χ1n) is 10.6. The first kappa shape index (κ1) is 21.6. The molecule has 0 bridgehead atoms. The van der Waals surface area contributed by atoms with Crippen molar-refractivity contribution < 1.29 is 9.90 Å². The van der Waals surface area contributed by atoms with Gasteiger partial charge in [-0.2, -0.15) is 0 Å². The highest BCUT2D eigenvalue weighted by molar-refractivity contribution is 5.76. The zero-order valence-electron chi connectivity index (χ0n) is 16.8. The van der Waals surface area contributed by atoms with Gasteiger partial charge >= 0.3 is 0 Å². The molecule has 1 heterocycles. The molecule has 4 heteroatoms. The zero-order valence-corrected chi connectivity index (χ0v) is 16.8. The topological polar surface area (TPSA) is 52.6 Å². The molecular weight excluding hydrogens is 336 g/mol. The minimum absolute atomic E-state index is 0.0582. The van der Waals surface area contributed by atoms with E-state index in [4.69, 9.17) is 0 Å². The van der Waals surface area contributed by atoms with Gasteiger partial charge in [0.25, 0.3) is 0 Å².